The van der Waals surface area contributed by atoms with Crippen molar-refractivity contribution in [3.05, 3.63) is 24.3 Å². The minimum atomic E-state index is -0.290. The highest BCUT2D eigenvalue weighted by Crippen LogP contribution is 2.16. The van der Waals surface area contributed by atoms with Crippen LogP contribution in [0.2, 0.25) is 0 Å². The first-order valence-electron chi connectivity index (χ1n) is 18.4. The molecule has 2 amide bonds. The molecule has 0 saturated heterocycles. The van der Waals surface area contributed by atoms with Gasteiger partial charge in [-0.15, -0.1) is 0 Å². The van der Waals surface area contributed by atoms with Crippen molar-refractivity contribution in [2.45, 2.75) is 200 Å². The summed E-state index contributed by atoms with van der Waals surface area (Å²) in [5, 5.41) is 3.05. The number of allylic oxidation sites excluding steroid dienone is 4. The fourth-order valence-electron chi connectivity index (χ4n) is 5.68. The summed E-state index contributed by atoms with van der Waals surface area (Å²) in [4.78, 5) is 24.5. The van der Waals surface area contributed by atoms with E-state index >= 15 is 0 Å². The molecule has 0 heterocycles. The summed E-state index contributed by atoms with van der Waals surface area (Å²) < 4.78 is 0. The Hall–Kier alpha value is -1.58. The van der Waals surface area contributed by atoms with Crippen LogP contribution in [0.3, 0.4) is 0 Å². The smallest absolute Gasteiger partial charge is 0.222 e. The fraction of sp³-hybridized carbons (Fsp3) is 0.842. The maximum atomic E-state index is 12.4. The molecule has 0 rings (SSSR count). The first kappa shape index (κ1) is 40.4. The SMILES string of the molecule is CCCCCCCCC=CCCCCCCCC(=O)NC(C)C(CCCCCCC=CCCCCCCCC)C(N)=O. The van der Waals surface area contributed by atoms with E-state index in [0.29, 0.717) is 6.42 Å². The van der Waals surface area contributed by atoms with Crippen molar-refractivity contribution < 1.29 is 9.59 Å². The molecule has 0 spiro atoms. The number of unbranched alkanes of at least 4 members (excludes halogenated alkanes) is 21. The van der Waals surface area contributed by atoms with Crippen LogP contribution in [-0.2, 0) is 9.59 Å². The zero-order valence-electron chi connectivity index (χ0n) is 28.4. The molecule has 4 nitrogen and oxygen atoms in total. The molecule has 0 aromatic carbocycles. The highest BCUT2D eigenvalue weighted by molar-refractivity contribution is 5.80. The molecule has 4 heteroatoms. The fourth-order valence-corrected chi connectivity index (χ4v) is 5.68. The molecule has 2 unspecified atom stereocenters. The van der Waals surface area contributed by atoms with Gasteiger partial charge in [0.2, 0.25) is 11.8 Å². The lowest BCUT2D eigenvalue weighted by Crippen LogP contribution is -2.43. The van der Waals surface area contributed by atoms with Crippen molar-refractivity contribution in [1.82, 2.24) is 5.32 Å². The Bertz CT molecular complexity index is 657. The summed E-state index contributed by atoms with van der Waals surface area (Å²) in [5.74, 6) is -0.513. The summed E-state index contributed by atoms with van der Waals surface area (Å²) >= 11 is 0. The Morgan fingerprint density at radius 2 is 0.905 bits per heavy atom. The molecule has 0 radical (unpaired) electrons. The number of hydrogen-bond acceptors (Lipinski definition) is 2. The highest BCUT2D eigenvalue weighted by Gasteiger charge is 2.23. The van der Waals surface area contributed by atoms with Gasteiger partial charge in [0.05, 0.1) is 5.92 Å². The molecule has 0 aromatic heterocycles. The Kier molecular flexibility index (Phi) is 31.1. The maximum absolute atomic E-state index is 12.4. The molecule has 0 aromatic rings. The number of carbonyl (C=O) groups is 2. The van der Waals surface area contributed by atoms with Gasteiger partial charge >= 0.3 is 0 Å². The van der Waals surface area contributed by atoms with Crippen molar-refractivity contribution in [3.63, 3.8) is 0 Å². The zero-order valence-corrected chi connectivity index (χ0v) is 28.4. The lowest BCUT2D eigenvalue weighted by Gasteiger charge is -2.22. The predicted octanol–water partition coefficient (Wildman–Crippen LogP) is 11.3. The van der Waals surface area contributed by atoms with Crippen molar-refractivity contribution in [1.29, 1.82) is 0 Å². The largest absolute Gasteiger partial charge is 0.369 e. The number of nitrogens with one attached hydrogen (secondary N) is 1. The molecule has 3 N–H and O–H groups in total. The Labute approximate surface area is 262 Å². The topological polar surface area (TPSA) is 72.2 Å². The summed E-state index contributed by atoms with van der Waals surface area (Å²) in [6.07, 6.45) is 42.0. The van der Waals surface area contributed by atoms with Crippen molar-refractivity contribution in [3.8, 4) is 0 Å². The van der Waals surface area contributed by atoms with Crippen LogP contribution in [-0.4, -0.2) is 17.9 Å². The summed E-state index contributed by atoms with van der Waals surface area (Å²) in [7, 11) is 0. The van der Waals surface area contributed by atoms with Crippen LogP contribution in [0.25, 0.3) is 0 Å². The third-order valence-electron chi connectivity index (χ3n) is 8.55. The van der Waals surface area contributed by atoms with Crippen molar-refractivity contribution in [2.24, 2.45) is 11.7 Å². The van der Waals surface area contributed by atoms with Gasteiger partial charge in [0.25, 0.3) is 0 Å². The van der Waals surface area contributed by atoms with Gasteiger partial charge in [-0.05, 0) is 71.1 Å². The van der Waals surface area contributed by atoms with Crippen LogP contribution >= 0.6 is 0 Å². The minimum absolute atomic E-state index is 0.0547. The third-order valence-corrected chi connectivity index (χ3v) is 8.55. The number of nitrogens with two attached hydrogens (primary N) is 1. The molecule has 0 fully saturated rings. The van der Waals surface area contributed by atoms with Crippen molar-refractivity contribution >= 4 is 11.8 Å². The molecule has 42 heavy (non-hydrogen) atoms. The average Bonchev–Trinajstić information content (AvgIpc) is 2.96. The summed E-state index contributed by atoms with van der Waals surface area (Å²) in [6, 6.07) is -0.192. The van der Waals surface area contributed by atoms with Crippen LogP contribution in [0.4, 0.5) is 0 Å². The van der Waals surface area contributed by atoms with Gasteiger partial charge in [0.15, 0.2) is 0 Å². The van der Waals surface area contributed by atoms with E-state index in [-0.39, 0.29) is 23.8 Å². The highest BCUT2D eigenvalue weighted by atomic mass is 16.2. The summed E-state index contributed by atoms with van der Waals surface area (Å²) in [5.41, 5.74) is 5.70. The lowest BCUT2D eigenvalue weighted by atomic mass is 9.93. The van der Waals surface area contributed by atoms with Crippen LogP contribution in [0.1, 0.15) is 194 Å². The molecule has 2 atom stereocenters. The van der Waals surface area contributed by atoms with E-state index in [1.807, 2.05) is 6.92 Å². The number of amides is 2. The molecular weight excluding hydrogens is 516 g/mol. The zero-order chi connectivity index (χ0) is 30.9. The number of rotatable bonds is 32. The number of carbonyl (C=O) groups excluding carboxylic acids is 2. The number of primary amides is 1. The van der Waals surface area contributed by atoms with Gasteiger partial charge in [-0.2, -0.15) is 0 Å². The Morgan fingerprint density at radius 1 is 0.548 bits per heavy atom. The van der Waals surface area contributed by atoms with Crippen LogP contribution < -0.4 is 11.1 Å². The summed E-state index contributed by atoms with van der Waals surface area (Å²) in [6.45, 7) is 6.46. The molecule has 0 saturated carbocycles. The lowest BCUT2D eigenvalue weighted by molar-refractivity contribution is -0.125. The Balaban J connectivity index is 3.74. The second-order valence-electron chi connectivity index (χ2n) is 12.7. The van der Waals surface area contributed by atoms with E-state index in [2.05, 4.69) is 43.5 Å². The maximum Gasteiger partial charge on any atom is 0.222 e. The Morgan fingerprint density at radius 3 is 1.31 bits per heavy atom. The van der Waals surface area contributed by atoms with Gasteiger partial charge in [-0.25, -0.2) is 0 Å². The van der Waals surface area contributed by atoms with E-state index in [0.717, 1.165) is 38.5 Å². The monoisotopic (exact) mass is 589 g/mol. The van der Waals surface area contributed by atoms with Crippen LogP contribution in [0.15, 0.2) is 24.3 Å². The first-order valence-corrected chi connectivity index (χ1v) is 18.4. The van der Waals surface area contributed by atoms with Crippen molar-refractivity contribution in [2.75, 3.05) is 0 Å². The van der Waals surface area contributed by atoms with E-state index in [4.69, 9.17) is 5.73 Å². The number of hydrogen-bond donors (Lipinski definition) is 2. The predicted molar refractivity (Wildman–Crippen MR) is 185 cm³/mol. The van der Waals surface area contributed by atoms with Gasteiger partial charge in [-0.1, -0.05) is 141 Å². The normalized spacial score (nSPS) is 13.2. The standard InChI is InChI=1S/C38H72N2O2/c1-4-6-8-10-12-14-16-18-20-22-24-26-28-30-32-34-37(41)40-35(3)36(38(39)42)33-31-29-27-25-23-21-19-17-15-13-11-9-7-5-2/h18-21,35-36H,4-17,22-34H2,1-3H3,(H2,39,42)(H,40,41). The van der Waals surface area contributed by atoms with E-state index in [1.165, 1.54) is 128 Å². The molecular formula is C38H72N2O2. The quantitative estimate of drug-likeness (QED) is 0.0606. The van der Waals surface area contributed by atoms with Crippen LogP contribution in [0.5, 0.6) is 0 Å². The van der Waals surface area contributed by atoms with E-state index < -0.39 is 0 Å². The van der Waals surface area contributed by atoms with Gasteiger partial charge in [0.1, 0.15) is 0 Å². The molecule has 0 aliphatic carbocycles. The molecule has 0 bridgehead atoms. The van der Waals surface area contributed by atoms with Crippen LogP contribution in [0, 0.1) is 5.92 Å². The third kappa shape index (κ3) is 28.5. The molecule has 246 valence electrons. The second-order valence-corrected chi connectivity index (χ2v) is 12.7. The van der Waals surface area contributed by atoms with Gasteiger partial charge < -0.3 is 11.1 Å². The minimum Gasteiger partial charge on any atom is -0.369 e. The van der Waals surface area contributed by atoms with Gasteiger partial charge in [0, 0.05) is 12.5 Å². The van der Waals surface area contributed by atoms with Gasteiger partial charge in [-0.3, -0.25) is 9.59 Å². The van der Waals surface area contributed by atoms with E-state index in [1.54, 1.807) is 0 Å². The van der Waals surface area contributed by atoms with E-state index in [9.17, 15) is 9.59 Å². The average molecular weight is 589 g/mol. The molecule has 0 aliphatic heterocycles. The second kappa shape index (κ2) is 32.3. The molecule has 0 aliphatic rings. The first-order chi connectivity index (χ1) is 20.5.